The minimum absolute atomic E-state index is 0.272. The van der Waals surface area contributed by atoms with Gasteiger partial charge >= 0.3 is 7.12 Å². The lowest BCUT2D eigenvalue weighted by Crippen LogP contribution is -2.41. The van der Waals surface area contributed by atoms with Gasteiger partial charge in [0.1, 0.15) is 0 Å². The highest BCUT2D eigenvalue weighted by atomic mass is 16.7. The third-order valence-corrected chi connectivity index (χ3v) is 5.83. The van der Waals surface area contributed by atoms with Gasteiger partial charge < -0.3 is 14.6 Å². The average molecular weight is 315 g/mol. The fourth-order valence-electron chi connectivity index (χ4n) is 3.39. The van der Waals surface area contributed by atoms with E-state index in [0.29, 0.717) is 6.04 Å². The average Bonchev–Trinajstić information content (AvgIpc) is 3.05. The van der Waals surface area contributed by atoms with Gasteiger partial charge in [0.15, 0.2) is 0 Å². The van der Waals surface area contributed by atoms with Crippen molar-refractivity contribution in [2.24, 2.45) is 0 Å². The number of nitrogens with one attached hydrogen (secondary N) is 1. The molecule has 1 aliphatic carbocycles. The van der Waals surface area contributed by atoms with Crippen LogP contribution in [0.2, 0.25) is 0 Å². The molecule has 4 heteroatoms. The Balaban J connectivity index is 1.72. The molecule has 1 N–H and O–H groups in total. The van der Waals surface area contributed by atoms with Crippen LogP contribution in [0.3, 0.4) is 0 Å². The van der Waals surface area contributed by atoms with Gasteiger partial charge in [-0.1, -0.05) is 31.0 Å². The van der Waals surface area contributed by atoms with Crippen LogP contribution in [0.15, 0.2) is 18.2 Å². The molecule has 1 aliphatic heterocycles. The summed E-state index contributed by atoms with van der Waals surface area (Å²) in [5.74, 6) is 0. The van der Waals surface area contributed by atoms with E-state index in [-0.39, 0.29) is 18.3 Å². The molecule has 3 rings (SSSR count). The first-order valence-corrected chi connectivity index (χ1v) is 8.97. The molecule has 2 fully saturated rings. The van der Waals surface area contributed by atoms with Crippen molar-refractivity contribution in [3.8, 4) is 0 Å². The fraction of sp³-hybridized carbons (Fsp3) is 0.684. The van der Waals surface area contributed by atoms with Crippen LogP contribution in [0.5, 0.6) is 0 Å². The van der Waals surface area contributed by atoms with Crippen molar-refractivity contribution in [3.05, 3.63) is 29.3 Å². The lowest BCUT2D eigenvalue weighted by Gasteiger charge is -2.32. The molecule has 0 bridgehead atoms. The molecule has 0 unspecified atom stereocenters. The van der Waals surface area contributed by atoms with Crippen molar-refractivity contribution >= 4 is 12.6 Å². The normalized spacial score (nSPS) is 23.6. The summed E-state index contributed by atoms with van der Waals surface area (Å²) < 4.78 is 12.4. The second-order valence-corrected chi connectivity index (χ2v) is 8.14. The zero-order chi connectivity index (χ0) is 16.7. The molecule has 0 atom stereocenters. The molecule has 0 radical (unpaired) electrons. The summed E-state index contributed by atoms with van der Waals surface area (Å²) in [6.45, 7) is 11.5. The van der Waals surface area contributed by atoms with Crippen LogP contribution in [-0.2, 0) is 15.9 Å². The molecule has 1 heterocycles. The third kappa shape index (κ3) is 3.49. The van der Waals surface area contributed by atoms with E-state index in [2.05, 4.69) is 58.1 Å². The topological polar surface area (TPSA) is 30.5 Å². The van der Waals surface area contributed by atoms with Gasteiger partial charge in [-0.15, -0.1) is 0 Å². The molecule has 2 aliphatic rings. The van der Waals surface area contributed by atoms with E-state index in [9.17, 15) is 0 Å². The van der Waals surface area contributed by atoms with Crippen molar-refractivity contribution < 1.29 is 9.31 Å². The van der Waals surface area contributed by atoms with Crippen LogP contribution in [0, 0.1) is 6.92 Å². The maximum absolute atomic E-state index is 6.18. The van der Waals surface area contributed by atoms with Gasteiger partial charge in [0.2, 0.25) is 0 Å². The first-order chi connectivity index (χ1) is 10.8. The Morgan fingerprint density at radius 2 is 1.70 bits per heavy atom. The van der Waals surface area contributed by atoms with E-state index < -0.39 is 0 Å². The molecule has 1 aromatic rings. The van der Waals surface area contributed by atoms with E-state index in [4.69, 9.17) is 9.31 Å². The predicted octanol–water partition coefficient (Wildman–Crippen LogP) is 3.33. The van der Waals surface area contributed by atoms with E-state index in [1.165, 1.54) is 36.8 Å². The smallest absolute Gasteiger partial charge is 0.399 e. The minimum atomic E-state index is -0.287. The zero-order valence-electron chi connectivity index (χ0n) is 15.2. The maximum atomic E-state index is 6.18. The van der Waals surface area contributed by atoms with Crippen LogP contribution in [0.1, 0.15) is 64.5 Å². The molecule has 1 aromatic carbocycles. The van der Waals surface area contributed by atoms with Crippen LogP contribution < -0.4 is 10.8 Å². The maximum Gasteiger partial charge on any atom is 0.494 e. The zero-order valence-corrected chi connectivity index (χ0v) is 15.2. The van der Waals surface area contributed by atoms with Gasteiger partial charge in [-0.25, -0.2) is 0 Å². The van der Waals surface area contributed by atoms with Gasteiger partial charge in [0.05, 0.1) is 11.2 Å². The van der Waals surface area contributed by atoms with Gasteiger partial charge in [-0.3, -0.25) is 0 Å². The largest absolute Gasteiger partial charge is 0.494 e. The van der Waals surface area contributed by atoms with E-state index >= 15 is 0 Å². The Labute approximate surface area is 141 Å². The third-order valence-electron chi connectivity index (χ3n) is 5.83. The van der Waals surface area contributed by atoms with E-state index in [0.717, 1.165) is 12.0 Å². The first kappa shape index (κ1) is 17.0. The van der Waals surface area contributed by atoms with Crippen LogP contribution in [0.4, 0.5) is 0 Å². The highest BCUT2D eigenvalue weighted by molar-refractivity contribution is 6.62. The summed E-state index contributed by atoms with van der Waals surface area (Å²) in [6, 6.07) is 7.26. The summed E-state index contributed by atoms with van der Waals surface area (Å²) in [6.07, 6.45) is 5.36. The quantitative estimate of drug-likeness (QED) is 0.865. The molecule has 3 nitrogen and oxygen atoms in total. The first-order valence-electron chi connectivity index (χ1n) is 8.97. The Morgan fingerprint density at radius 1 is 1.09 bits per heavy atom. The molecule has 0 aromatic heterocycles. The highest BCUT2D eigenvalue weighted by Crippen LogP contribution is 2.36. The minimum Gasteiger partial charge on any atom is -0.399 e. The van der Waals surface area contributed by atoms with Gasteiger partial charge in [0.25, 0.3) is 0 Å². The number of hydrogen-bond acceptors (Lipinski definition) is 3. The Bertz CT molecular complexity index is 548. The lowest BCUT2D eigenvalue weighted by molar-refractivity contribution is 0.00578. The van der Waals surface area contributed by atoms with Gasteiger partial charge in [0, 0.05) is 12.6 Å². The standard InChI is InChI=1S/C19H30BNO2/c1-14-10-11-16(20-22-18(2,3)19(4,5)23-20)12-15(14)13-21-17-8-6-7-9-17/h10-12,17,21H,6-9,13H2,1-5H3. The number of rotatable bonds is 4. The summed E-state index contributed by atoms with van der Waals surface area (Å²) in [5, 5.41) is 3.71. The SMILES string of the molecule is Cc1ccc(B2OC(C)(C)C(C)(C)O2)cc1CNC1CCCC1. The Morgan fingerprint density at radius 3 is 2.30 bits per heavy atom. The van der Waals surface area contributed by atoms with Crippen molar-refractivity contribution in [3.63, 3.8) is 0 Å². The van der Waals surface area contributed by atoms with Crippen molar-refractivity contribution in [1.82, 2.24) is 5.32 Å². The number of aryl methyl sites for hydroxylation is 1. The number of hydrogen-bond donors (Lipinski definition) is 1. The van der Waals surface area contributed by atoms with Gasteiger partial charge in [-0.05, 0) is 64.1 Å². The van der Waals surface area contributed by atoms with Gasteiger partial charge in [-0.2, -0.15) is 0 Å². The monoisotopic (exact) mass is 315 g/mol. The fourth-order valence-corrected chi connectivity index (χ4v) is 3.39. The summed E-state index contributed by atoms with van der Waals surface area (Å²) in [4.78, 5) is 0. The van der Waals surface area contributed by atoms with Crippen molar-refractivity contribution in [2.45, 2.75) is 84.1 Å². The lowest BCUT2D eigenvalue weighted by atomic mass is 9.78. The Hall–Kier alpha value is -0.835. The second kappa shape index (κ2) is 6.23. The molecular formula is C19H30BNO2. The molecule has 1 saturated heterocycles. The Kier molecular flexibility index (Phi) is 4.61. The molecule has 0 spiro atoms. The summed E-state index contributed by atoms with van der Waals surface area (Å²) >= 11 is 0. The molecule has 23 heavy (non-hydrogen) atoms. The molecule has 0 amide bonds. The van der Waals surface area contributed by atoms with Crippen molar-refractivity contribution in [1.29, 1.82) is 0 Å². The van der Waals surface area contributed by atoms with Crippen LogP contribution in [0.25, 0.3) is 0 Å². The van der Waals surface area contributed by atoms with Crippen LogP contribution in [-0.4, -0.2) is 24.4 Å². The molecule has 126 valence electrons. The predicted molar refractivity (Wildman–Crippen MR) is 96.0 cm³/mol. The molecule has 1 saturated carbocycles. The summed E-state index contributed by atoms with van der Waals surface area (Å²) in [7, 11) is -0.272. The van der Waals surface area contributed by atoms with E-state index in [1.807, 2.05) is 0 Å². The van der Waals surface area contributed by atoms with E-state index in [1.54, 1.807) is 0 Å². The summed E-state index contributed by atoms with van der Waals surface area (Å²) in [5.41, 5.74) is 3.23. The highest BCUT2D eigenvalue weighted by Gasteiger charge is 2.51. The van der Waals surface area contributed by atoms with Crippen molar-refractivity contribution in [2.75, 3.05) is 0 Å². The number of benzene rings is 1. The van der Waals surface area contributed by atoms with Crippen LogP contribution >= 0.6 is 0 Å². The second-order valence-electron chi connectivity index (χ2n) is 8.14. The molecular weight excluding hydrogens is 285 g/mol.